The average molecular weight is 1660 g/mol. The van der Waals surface area contributed by atoms with Crippen molar-refractivity contribution in [3.05, 3.63) is 87.1 Å². The lowest BCUT2D eigenvalue weighted by molar-refractivity contribution is -0.202. The van der Waals surface area contributed by atoms with Crippen LogP contribution < -0.4 is 0 Å². The molecule has 0 N–H and O–H groups in total. The number of rotatable bonds is 18. The van der Waals surface area contributed by atoms with E-state index in [1.54, 1.807) is 20.8 Å². The Morgan fingerprint density at radius 1 is 0.333 bits per heavy atom. The zero-order valence-electron chi connectivity index (χ0n) is 77.2. The summed E-state index contributed by atoms with van der Waals surface area (Å²) in [7, 11) is 0. The first-order valence-corrected chi connectivity index (χ1v) is 49.0. The predicted octanol–water partition coefficient (Wildman–Crippen LogP) is 25.8. The van der Waals surface area contributed by atoms with Gasteiger partial charge in [-0.05, 0) is 351 Å². The SMILES string of the molecule is C=C(C)C(=O)OC1(C)CC2CC1C1CCCC21.C=C(C)C(=O)OC1(C)CCC2CCCCC2C1.C=C(C)C(=O)OC1(C)CCCC2CCCCC21.C=CC(=O)OC(C)(CCCC)C12CC3CC(CC(C3)C1)C2.C=CC(=O)OC1(C)CC2CC1C1CCCC21.C=CC(=O)OC1(C)CCC2CCCCC2C1.C=CC(=O)OC1(C)CCCC2CCCCC21. The van der Waals surface area contributed by atoms with Crippen LogP contribution in [0.5, 0.6) is 0 Å². The summed E-state index contributed by atoms with van der Waals surface area (Å²) in [5.74, 6) is 13.5. The monoisotopic (exact) mass is 1660 g/mol. The molecule has 0 aromatic heterocycles. The van der Waals surface area contributed by atoms with E-state index in [4.69, 9.17) is 33.2 Å². The first-order chi connectivity index (χ1) is 57.0. The van der Waals surface area contributed by atoms with Gasteiger partial charge in [-0.2, -0.15) is 0 Å². The van der Waals surface area contributed by atoms with E-state index in [1.807, 2.05) is 0 Å². The quantitative estimate of drug-likeness (QED) is 0.0717. The fraction of sp³-hybridized carbons (Fsp3) is 0.802. The normalized spacial score (nSPS) is 40.9. The van der Waals surface area contributed by atoms with Gasteiger partial charge in [0.25, 0.3) is 0 Å². The van der Waals surface area contributed by atoms with E-state index < -0.39 is 0 Å². The molecule has 18 fully saturated rings. The molecule has 120 heavy (non-hydrogen) atoms. The van der Waals surface area contributed by atoms with Crippen LogP contribution in [0.1, 0.15) is 378 Å². The van der Waals surface area contributed by atoms with Crippen LogP contribution >= 0.6 is 0 Å². The molecule has 0 aliphatic heterocycles. The number of ether oxygens (including phenoxy) is 7. The van der Waals surface area contributed by atoms with Gasteiger partial charge in [-0.3, -0.25) is 0 Å². The minimum atomic E-state index is -0.287. The fourth-order valence-corrected chi connectivity index (χ4v) is 29.8. The Hall–Kier alpha value is -5.53. The molecular formula is C106H164O14. The predicted molar refractivity (Wildman–Crippen MR) is 478 cm³/mol. The second kappa shape index (κ2) is 40.8. The van der Waals surface area contributed by atoms with Crippen molar-refractivity contribution in [2.75, 3.05) is 0 Å². The minimum Gasteiger partial charge on any atom is -0.456 e. The van der Waals surface area contributed by atoms with Gasteiger partial charge in [0.15, 0.2) is 0 Å². The van der Waals surface area contributed by atoms with Crippen molar-refractivity contribution in [3.63, 3.8) is 0 Å². The summed E-state index contributed by atoms with van der Waals surface area (Å²) < 4.78 is 40.0. The molecule has 23 atom stereocenters. The summed E-state index contributed by atoms with van der Waals surface area (Å²) in [4.78, 5) is 81.2. The van der Waals surface area contributed by atoms with Crippen LogP contribution in [0.25, 0.3) is 0 Å². The van der Waals surface area contributed by atoms with Crippen molar-refractivity contribution in [1.82, 2.24) is 0 Å². The van der Waals surface area contributed by atoms with Crippen molar-refractivity contribution in [2.24, 2.45) is 118 Å². The zero-order chi connectivity index (χ0) is 86.8. The lowest BCUT2D eigenvalue weighted by Gasteiger charge is -2.62. The third-order valence-corrected chi connectivity index (χ3v) is 35.2. The molecule has 672 valence electrons. The molecule has 18 aliphatic carbocycles. The van der Waals surface area contributed by atoms with Gasteiger partial charge in [0.1, 0.15) is 39.2 Å². The largest absolute Gasteiger partial charge is 0.456 e. The van der Waals surface area contributed by atoms with Crippen molar-refractivity contribution in [1.29, 1.82) is 0 Å². The molecule has 18 rings (SSSR count). The van der Waals surface area contributed by atoms with Crippen LogP contribution in [0.4, 0.5) is 0 Å². The maximum absolute atomic E-state index is 11.9. The van der Waals surface area contributed by atoms with Gasteiger partial charge in [-0.15, -0.1) is 0 Å². The van der Waals surface area contributed by atoms with Gasteiger partial charge in [0.2, 0.25) is 0 Å². The van der Waals surface area contributed by atoms with Gasteiger partial charge in [0.05, 0.1) is 0 Å². The molecule has 18 saturated carbocycles. The smallest absolute Gasteiger partial charge is 0.333 e. The summed E-state index contributed by atoms with van der Waals surface area (Å²) in [5.41, 5.74) is 0.179. The molecule has 18 aliphatic rings. The number of esters is 7. The van der Waals surface area contributed by atoms with E-state index in [0.717, 1.165) is 159 Å². The molecule has 23 unspecified atom stereocenters. The Morgan fingerprint density at radius 2 is 0.675 bits per heavy atom. The lowest BCUT2D eigenvalue weighted by atomic mass is 9.45. The first-order valence-electron chi connectivity index (χ1n) is 49.0. The highest BCUT2D eigenvalue weighted by molar-refractivity contribution is 5.88. The zero-order valence-corrected chi connectivity index (χ0v) is 77.2. The van der Waals surface area contributed by atoms with Crippen LogP contribution in [-0.2, 0) is 66.7 Å². The summed E-state index contributed by atoms with van der Waals surface area (Å²) in [6, 6.07) is 0. The number of hydrogen-bond donors (Lipinski definition) is 0. The highest BCUT2D eigenvalue weighted by Crippen LogP contribution is 2.67. The Morgan fingerprint density at radius 3 is 1.09 bits per heavy atom. The molecule has 0 aromatic carbocycles. The molecule has 14 nitrogen and oxygen atoms in total. The molecule has 0 saturated heterocycles. The second-order valence-electron chi connectivity index (χ2n) is 44.0. The Balaban J connectivity index is 0.000000137. The van der Waals surface area contributed by atoms with Crippen LogP contribution in [-0.4, -0.2) is 81.0 Å². The van der Waals surface area contributed by atoms with Gasteiger partial charge < -0.3 is 33.2 Å². The summed E-state index contributed by atoms with van der Waals surface area (Å²) in [6.07, 6.45) is 64.7. The highest BCUT2D eigenvalue weighted by Gasteiger charge is 2.64. The van der Waals surface area contributed by atoms with E-state index in [9.17, 15) is 33.6 Å². The van der Waals surface area contributed by atoms with E-state index in [2.05, 4.69) is 101 Å². The summed E-state index contributed by atoms with van der Waals surface area (Å²) >= 11 is 0. The fourth-order valence-electron chi connectivity index (χ4n) is 29.8. The molecule has 8 bridgehead atoms. The van der Waals surface area contributed by atoms with Gasteiger partial charge >= 0.3 is 41.8 Å². The molecule has 0 spiro atoms. The molecular weight excluding hydrogens is 1500 g/mol. The van der Waals surface area contributed by atoms with E-state index in [-0.39, 0.29) is 86.4 Å². The molecule has 0 heterocycles. The minimum absolute atomic E-state index is 0.193. The molecule has 0 aromatic rings. The van der Waals surface area contributed by atoms with Crippen molar-refractivity contribution in [2.45, 2.75) is 417 Å². The van der Waals surface area contributed by atoms with Gasteiger partial charge in [-0.25, -0.2) is 33.6 Å². The maximum Gasteiger partial charge on any atom is 0.333 e. The van der Waals surface area contributed by atoms with Gasteiger partial charge in [0, 0.05) is 70.1 Å². The third-order valence-electron chi connectivity index (χ3n) is 35.2. The maximum atomic E-state index is 11.9. The number of carbonyl (C=O) groups excluding carboxylic acids is 7. The topological polar surface area (TPSA) is 184 Å². The molecule has 14 heteroatoms. The first kappa shape index (κ1) is 95.1. The summed E-state index contributed by atoms with van der Waals surface area (Å²) in [5, 5.41) is 0. The van der Waals surface area contributed by atoms with Crippen molar-refractivity contribution in [3.8, 4) is 0 Å². The number of fused-ring (bicyclic) bond motifs is 14. The average Bonchev–Trinajstić information content (AvgIpc) is 1.68. The number of carbonyl (C=O) groups is 7. The van der Waals surface area contributed by atoms with Crippen LogP contribution in [0, 0.1) is 118 Å². The third kappa shape index (κ3) is 22.6. The molecule has 0 amide bonds. The van der Waals surface area contributed by atoms with Crippen LogP contribution in [0.15, 0.2) is 87.1 Å². The molecule has 0 radical (unpaired) electrons. The lowest BCUT2D eigenvalue weighted by Crippen LogP contribution is -2.58. The number of hydrogen-bond acceptors (Lipinski definition) is 14. The van der Waals surface area contributed by atoms with Gasteiger partial charge in [-0.1, -0.05) is 162 Å². The van der Waals surface area contributed by atoms with Crippen molar-refractivity contribution < 1.29 is 66.7 Å². The highest BCUT2D eigenvalue weighted by atomic mass is 16.6. The van der Waals surface area contributed by atoms with Crippen LogP contribution in [0.3, 0.4) is 0 Å². The van der Waals surface area contributed by atoms with E-state index in [1.165, 1.54) is 255 Å². The Kier molecular flexibility index (Phi) is 32.4. The Labute approximate surface area is 726 Å². The van der Waals surface area contributed by atoms with E-state index >= 15 is 0 Å². The second-order valence-corrected chi connectivity index (χ2v) is 44.0. The standard InChI is InChI=1S/C19H30O2.C15H22O2.2C15H24O2.C14H20O2.2C14H22O2/c1-4-6-7-18(3,21-17(20)5-2)19-11-14-8-15(12-19)10-16(9-14)13-19;1-9(2)14(16)17-15(3)8-10-7-13(15)12-6-4-5-11(10)12;1-11(2)14(16)17-15(3)10-6-8-12-7-4-5-9-13(12)15;1-11(2)14(16)17-15(3)9-8-12-6-4-5-7-13(12)10-15;1-3-13(15)16-14(2)8-9-7-12(14)11-6-4-5-10(9)11;1-3-13(15)16-14(2)10-6-8-11-7-4-5-9-12(11)14;1-3-13(15)16-14(2)9-8-11-6-4-5-7-12(11)10-14/h5,14-16H,2,4,6-13H2,1,3H3;10-13H,1,4-8H2,2-3H3;2*12-13H,1,4-10H2,2-3H3;3,9-12H,1,4-8H2,2H3;2*3,11-12H,1,4-10H2,2H3. The van der Waals surface area contributed by atoms with E-state index in [0.29, 0.717) is 40.4 Å². The summed E-state index contributed by atoms with van der Waals surface area (Å²) in [6.45, 7) is 47.4. The van der Waals surface area contributed by atoms with Crippen molar-refractivity contribution >= 4 is 41.8 Å². The van der Waals surface area contributed by atoms with Crippen LogP contribution in [0.2, 0.25) is 0 Å². The Bertz CT molecular complexity index is 3590. The number of unbranched alkanes of at least 4 members (excludes halogenated alkanes) is 1.